The number of halogens is 1. The molecule has 0 aliphatic carbocycles. The number of benzene rings is 1. The first-order valence-corrected chi connectivity index (χ1v) is 6.53. The van der Waals surface area contributed by atoms with Crippen LogP contribution in [0.5, 0.6) is 0 Å². The number of amides is 1. The van der Waals surface area contributed by atoms with Crippen molar-refractivity contribution in [2.75, 3.05) is 17.7 Å². The van der Waals surface area contributed by atoms with Crippen LogP contribution in [0, 0.1) is 6.92 Å². The van der Waals surface area contributed by atoms with E-state index in [1.54, 1.807) is 25.4 Å². The SMILES string of the molecule is Cc1ccc(C(=O)N(C)c2ccncc2N)cc1Br. The van der Waals surface area contributed by atoms with Gasteiger partial charge in [-0.15, -0.1) is 0 Å². The van der Waals surface area contributed by atoms with Crippen molar-refractivity contribution >= 4 is 33.2 Å². The maximum atomic E-state index is 12.4. The van der Waals surface area contributed by atoms with Crippen molar-refractivity contribution in [1.29, 1.82) is 0 Å². The number of carbonyl (C=O) groups excluding carboxylic acids is 1. The van der Waals surface area contributed by atoms with Crippen LogP contribution < -0.4 is 10.6 Å². The largest absolute Gasteiger partial charge is 0.396 e. The van der Waals surface area contributed by atoms with E-state index in [0.717, 1.165) is 10.0 Å². The van der Waals surface area contributed by atoms with E-state index in [4.69, 9.17) is 5.73 Å². The Bertz CT molecular complexity index is 628. The number of carbonyl (C=O) groups is 1. The van der Waals surface area contributed by atoms with Crippen molar-refractivity contribution in [1.82, 2.24) is 4.98 Å². The second-order valence-corrected chi connectivity index (χ2v) is 5.12. The number of rotatable bonds is 2. The van der Waals surface area contributed by atoms with Gasteiger partial charge in [-0.05, 0) is 30.7 Å². The van der Waals surface area contributed by atoms with E-state index >= 15 is 0 Å². The van der Waals surface area contributed by atoms with Crippen molar-refractivity contribution in [3.05, 3.63) is 52.3 Å². The Morgan fingerprint density at radius 3 is 2.74 bits per heavy atom. The highest BCUT2D eigenvalue weighted by Gasteiger charge is 2.16. The molecule has 1 amide bonds. The molecule has 2 N–H and O–H groups in total. The van der Waals surface area contributed by atoms with Gasteiger partial charge in [0.1, 0.15) is 0 Å². The quantitative estimate of drug-likeness (QED) is 0.925. The number of nitrogens with zero attached hydrogens (tertiary/aromatic N) is 2. The number of nitrogen functional groups attached to an aromatic ring is 1. The number of anilines is 2. The lowest BCUT2D eigenvalue weighted by atomic mass is 10.1. The molecule has 0 unspecified atom stereocenters. The molecule has 1 aromatic heterocycles. The highest BCUT2D eigenvalue weighted by Crippen LogP contribution is 2.23. The maximum absolute atomic E-state index is 12.4. The molecule has 0 spiro atoms. The summed E-state index contributed by atoms with van der Waals surface area (Å²) in [5, 5.41) is 0. The Hall–Kier alpha value is -1.88. The Kier molecular flexibility index (Phi) is 3.85. The third-order valence-electron chi connectivity index (χ3n) is 2.91. The highest BCUT2D eigenvalue weighted by molar-refractivity contribution is 9.10. The van der Waals surface area contributed by atoms with Gasteiger partial charge in [0.15, 0.2) is 0 Å². The second-order valence-electron chi connectivity index (χ2n) is 4.26. The molecule has 4 nitrogen and oxygen atoms in total. The molecular weight excluding hydrogens is 306 g/mol. The molecule has 0 radical (unpaired) electrons. The molecule has 0 fully saturated rings. The molecule has 0 saturated carbocycles. The Balaban J connectivity index is 2.34. The zero-order valence-corrected chi connectivity index (χ0v) is 12.3. The molecule has 19 heavy (non-hydrogen) atoms. The maximum Gasteiger partial charge on any atom is 0.258 e. The lowest BCUT2D eigenvalue weighted by Crippen LogP contribution is -2.27. The first-order valence-electron chi connectivity index (χ1n) is 5.74. The van der Waals surface area contributed by atoms with Crippen LogP contribution in [0.25, 0.3) is 0 Å². The van der Waals surface area contributed by atoms with Gasteiger partial charge in [-0.1, -0.05) is 22.0 Å². The first-order chi connectivity index (χ1) is 9.00. The summed E-state index contributed by atoms with van der Waals surface area (Å²) in [4.78, 5) is 17.8. The van der Waals surface area contributed by atoms with Crippen molar-refractivity contribution in [2.24, 2.45) is 0 Å². The summed E-state index contributed by atoms with van der Waals surface area (Å²) < 4.78 is 0.912. The molecule has 1 aromatic carbocycles. The molecule has 0 aliphatic rings. The molecule has 0 aliphatic heterocycles. The Morgan fingerprint density at radius 2 is 2.11 bits per heavy atom. The van der Waals surface area contributed by atoms with E-state index in [1.807, 2.05) is 19.1 Å². The van der Waals surface area contributed by atoms with Crippen molar-refractivity contribution < 1.29 is 4.79 Å². The van der Waals surface area contributed by atoms with Gasteiger partial charge in [0.05, 0.1) is 17.6 Å². The fourth-order valence-corrected chi connectivity index (χ4v) is 2.11. The molecule has 0 atom stereocenters. The summed E-state index contributed by atoms with van der Waals surface area (Å²) in [7, 11) is 1.70. The summed E-state index contributed by atoms with van der Waals surface area (Å²) >= 11 is 3.43. The minimum atomic E-state index is -0.112. The predicted molar refractivity (Wildman–Crippen MR) is 80.3 cm³/mol. The lowest BCUT2D eigenvalue weighted by molar-refractivity contribution is 0.0993. The topological polar surface area (TPSA) is 59.2 Å². The third-order valence-corrected chi connectivity index (χ3v) is 3.77. The fourth-order valence-electron chi connectivity index (χ4n) is 1.73. The Morgan fingerprint density at radius 1 is 1.37 bits per heavy atom. The summed E-state index contributed by atoms with van der Waals surface area (Å²) in [6.45, 7) is 1.98. The van der Waals surface area contributed by atoms with Crippen LogP contribution in [0.3, 0.4) is 0 Å². The summed E-state index contributed by atoms with van der Waals surface area (Å²) in [6.07, 6.45) is 3.14. The molecule has 5 heteroatoms. The van der Waals surface area contributed by atoms with Crippen LogP contribution in [0.1, 0.15) is 15.9 Å². The third kappa shape index (κ3) is 2.76. The lowest BCUT2D eigenvalue weighted by Gasteiger charge is -2.19. The molecule has 0 bridgehead atoms. The van der Waals surface area contributed by atoms with Gasteiger partial charge in [-0.2, -0.15) is 0 Å². The van der Waals surface area contributed by atoms with Crippen LogP contribution in [0.15, 0.2) is 41.1 Å². The van der Waals surface area contributed by atoms with Gasteiger partial charge >= 0.3 is 0 Å². The number of hydrogen-bond acceptors (Lipinski definition) is 3. The van der Waals surface area contributed by atoms with E-state index < -0.39 is 0 Å². The molecule has 2 aromatic rings. The van der Waals surface area contributed by atoms with Gasteiger partial charge in [-0.3, -0.25) is 9.78 Å². The highest BCUT2D eigenvalue weighted by atomic mass is 79.9. The molecule has 2 rings (SSSR count). The second kappa shape index (κ2) is 5.40. The smallest absolute Gasteiger partial charge is 0.258 e. The molecule has 1 heterocycles. The van der Waals surface area contributed by atoms with Crippen LogP contribution in [-0.4, -0.2) is 17.9 Å². The van der Waals surface area contributed by atoms with Crippen molar-refractivity contribution in [3.8, 4) is 0 Å². The van der Waals surface area contributed by atoms with E-state index in [9.17, 15) is 4.79 Å². The van der Waals surface area contributed by atoms with Crippen molar-refractivity contribution in [3.63, 3.8) is 0 Å². The Labute approximate surface area is 120 Å². The van der Waals surface area contributed by atoms with Crippen LogP contribution in [0.4, 0.5) is 11.4 Å². The molecule has 98 valence electrons. The van der Waals surface area contributed by atoms with E-state index in [1.165, 1.54) is 11.1 Å². The summed E-state index contributed by atoms with van der Waals surface area (Å²) in [5.74, 6) is -0.112. The number of pyridine rings is 1. The van der Waals surface area contributed by atoms with E-state index in [2.05, 4.69) is 20.9 Å². The summed E-state index contributed by atoms with van der Waals surface area (Å²) in [6, 6.07) is 7.24. The number of aryl methyl sites for hydroxylation is 1. The minimum Gasteiger partial charge on any atom is -0.396 e. The van der Waals surface area contributed by atoms with Crippen molar-refractivity contribution in [2.45, 2.75) is 6.92 Å². The van der Waals surface area contributed by atoms with Gasteiger partial charge in [0.2, 0.25) is 0 Å². The summed E-state index contributed by atoms with van der Waals surface area (Å²) in [5.41, 5.74) is 8.65. The fraction of sp³-hybridized carbons (Fsp3) is 0.143. The van der Waals surface area contributed by atoms with Crippen LogP contribution in [-0.2, 0) is 0 Å². The molecule has 0 saturated heterocycles. The zero-order chi connectivity index (χ0) is 14.0. The number of nitrogens with two attached hydrogens (primary N) is 1. The number of aromatic nitrogens is 1. The van der Waals surface area contributed by atoms with E-state index in [-0.39, 0.29) is 5.91 Å². The number of hydrogen-bond donors (Lipinski definition) is 1. The van der Waals surface area contributed by atoms with E-state index in [0.29, 0.717) is 16.9 Å². The first kappa shape index (κ1) is 13.5. The standard InChI is InChI=1S/C14H14BrN3O/c1-9-3-4-10(7-11(9)15)14(19)18(2)13-5-6-17-8-12(13)16/h3-8H,16H2,1-2H3. The predicted octanol–water partition coefficient (Wildman–Crippen LogP) is 3.01. The monoisotopic (exact) mass is 319 g/mol. The van der Waals surface area contributed by atoms with Gasteiger partial charge < -0.3 is 10.6 Å². The molecular formula is C14H14BrN3O. The average molecular weight is 320 g/mol. The van der Waals surface area contributed by atoms with Crippen LogP contribution in [0.2, 0.25) is 0 Å². The van der Waals surface area contributed by atoms with Crippen LogP contribution >= 0.6 is 15.9 Å². The van der Waals surface area contributed by atoms with Gasteiger partial charge in [0.25, 0.3) is 5.91 Å². The average Bonchev–Trinajstić information content (AvgIpc) is 2.41. The van der Waals surface area contributed by atoms with Gasteiger partial charge in [0, 0.05) is 23.3 Å². The normalized spacial score (nSPS) is 10.3. The zero-order valence-electron chi connectivity index (χ0n) is 10.7. The van der Waals surface area contributed by atoms with Gasteiger partial charge in [-0.25, -0.2) is 0 Å². The minimum absolute atomic E-state index is 0.112.